The number of nitrogens with one attached hydrogen (secondary N) is 3. The summed E-state index contributed by atoms with van der Waals surface area (Å²) in [6, 6.07) is 10.7. The van der Waals surface area contributed by atoms with Gasteiger partial charge in [0.25, 0.3) is 5.91 Å². The number of anilines is 3. The Hall–Kier alpha value is -3.39. The summed E-state index contributed by atoms with van der Waals surface area (Å²) in [5.41, 5.74) is 5.02. The van der Waals surface area contributed by atoms with E-state index in [0.29, 0.717) is 27.1 Å². The Balaban J connectivity index is 1.72. The number of thiazole rings is 1. The van der Waals surface area contributed by atoms with E-state index in [1.807, 2.05) is 39.0 Å². The van der Waals surface area contributed by atoms with Gasteiger partial charge in [0, 0.05) is 5.69 Å². The molecule has 0 spiro atoms. The molecule has 7 nitrogen and oxygen atoms in total. The van der Waals surface area contributed by atoms with E-state index in [-0.39, 0.29) is 5.91 Å². The molecule has 0 aliphatic carbocycles. The molecule has 3 rings (SSSR count). The van der Waals surface area contributed by atoms with Crippen LogP contribution in [0.15, 0.2) is 36.4 Å². The molecule has 0 saturated heterocycles. The summed E-state index contributed by atoms with van der Waals surface area (Å²) in [4.78, 5) is 29.9. The summed E-state index contributed by atoms with van der Waals surface area (Å²) in [7, 11) is 1.53. The molecule has 3 N–H and O–H groups in total. The Kier molecular flexibility index (Phi) is 6.37. The molecular weight excluding hydrogens is 400 g/mol. The molecular formula is C22H24N4O3S. The van der Waals surface area contributed by atoms with Gasteiger partial charge in [-0.05, 0) is 51.0 Å². The maximum atomic E-state index is 12.8. The van der Waals surface area contributed by atoms with Crippen molar-refractivity contribution in [3.8, 4) is 5.75 Å². The van der Waals surface area contributed by atoms with Gasteiger partial charge in [0.15, 0.2) is 5.13 Å². The largest absolute Gasteiger partial charge is 0.495 e. The highest BCUT2D eigenvalue weighted by Crippen LogP contribution is 2.27. The zero-order valence-electron chi connectivity index (χ0n) is 17.5. The van der Waals surface area contributed by atoms with E-state index in [2.05, 4.69) is 20.9 Å². The second-order valence-electron chi connectivity index (χ2n) is 6.94. The van der Waals surface area contributed by atoms with Crippen LogP contribution in [-0.2, 0) is 0 Å². The van der Waals surface area contributed by atoms with E-state index in [1.165, 1.54) is 7.11 Å². The number of amides is 3. The summed E-state index contributed by atoms with van der Waals surface area (Å²) in [5, 5.41) is 8.70. The number of nitrogens with zero attached hydrogens (tertiary/aromatic N) is 1. The van der Waals surface area contributed by atoms with Crippen LogP contribution in [-0.4, -0.2) is 24.0 Å². The summed E-state index contributed by atoms with van der Waals surface area (Å²) >= 11 is 1.12. The van der Waals surface area contributed by atoms with Gasteiger partial charge in [-0.3, -0.25) is 10.1 Å². The van der Waals surface area contributed by atoms with E-state index in [4.69, 9.17) is 4.74 Å². The SMILES string of the molecule is COc1ccccc1NC(=O)Nc1nc(C)c(C(=O)Nc2c(C)cc(C)cc2C)s1. The van der Waals surface area contributed by atoms with Crippen LogP contribution in [0.2, 0.25) is 0 Å². The number of benzene rings is 2. The van der Waals surface area contributed by atoms with Crippen molar-refractivity contribution in [1.29, 1.82) is 0 Å². The normalized spacial score (nSPS) is 10.4. The van der Waals surface area contributed by atoms with Crippen molar-refractivity contribution in [2.45, 2.75) is 27.7 Å². The lowest BCUT2D eigenvalue weighted by molar-refractivity contribution is 0.102. The minimum Gasteiger partial charge on any atom is -0.495 e. The van der Waals surface area contributed by atoms with Gasteiger partial charge in [-0.1, -0.05) is 41.2 Å². The van der Waals surface area contributed by atoms with Crippen molar-refractivity contribution >= 4 is 39.8 Å². The lowest BCUT2D eigenvalue weighted by Crippen LogP contribution is -2.19. The van der Waals surface area contributed by atoms with Gasteiger partial charge in [0.1, 0.15) is 10.6 Å². The average Bonchev–Trinajstić information content (AvgIpc) is 3.04. The Labute approximate surface area is 179 Å². The van der Waals surface area contributed by atoms with E-state index in [0.717, 1.165) is 33.7 Å². The number of carbonyl (C=O) groups is 2. The first-order valence-corrected chi connectivity index (χ1v) is 10.2. The molecule has 1 aromatic heterocycles. The van der Waals surface area contributed by atoms with Gasteiger partial charge < -0.3 is 15.4 Å². The fourth-order valence-corrected chi connectivity index (χ4v) is 4.06. The minimum absolute atomic E-state index is 0.252. The molecule has 0 atom stereocenters. The Morgan fingerprint density at radius 2 is 1.63 bits per heavy atom. The number of hydrogen-bond acceptors (Lipinski definition) is 5. The van der Waals surface area contributed by atoms with Gasteiger partial charge in [0.05, 0.1) is 18.5 Å². The summed E-state index contributed by atoms with van der Waals surface area (Å²) in [6.07, 6.45) is 0. The number of carbonyl (C=O) groups excluding carboxylic acids is 2. The summed E-state index contributed by atoms with van der Waals surface area (Å²) in [5.74, 6) is 0.296. The fourth-order valence-electron chi connectivity index (χ4n) is 3.21. The van der Waals surface area contributed by atoms with Crippen LogP contribution in [0.1, 0.15) is 32.1 Å². The molecule has 0 unspecified atom stereocenters. The lowest BCUT2D eigenvalue weighted by atomic mass is 10.1. The molecule has 8 heteroatoms. The molecule has 0 bridgehead atoms. The highest BCUT2D eigenvalue weighted by Gasteiger charge is 2.18. The second-order valence-corrected chi connectivity index (χ2v) is 7.94. The van der Waals surface area contributed by atoms with Gasteiger partial charge in [-0.25, -0.2) is 9.78 Å². The number of aryl methyl sites for hydroxylation is 4. The van der Waals surface area contributed by atoms with E-state index in [9.17, 15) is 9.59 Å². The van der Waals surface area contributed by atoms with Crippen LogP contribution in [0, 0.1) is 27.7 Å². The van der Waals surface area contributed by atoms with Crippen molar-refractivity contribution < 1.29 is 14.3 Å². The molecule has 3 aromatic rings. The van der Waals surface area contributed by atoms with E-state index < -0.39 is 6.03 Å². The van der Waals surface area contributed by atoms with Gasteiger partial charge in [-0.15, -0.1) is 0 Å². The number of para-hydroxylation sites is 2. The molecule has 0 aliphatic rings. The number of hydrogen-bond donors (Lipinski definition) is 3. The molecule has 2 aromatic carbocycles. The predicted octanol–water partition coefficient (Wildman–Crippen LogP) is 5.28. The zero-order chi connectivity index (χ0) is 21.8. The maximum Gasteiger partial charge on any atom is 0.325 e. The summed E-state index contributed by atoms with van der Waals surface area (Å²) in [6.45, 7) is 7.69. The van der Waals surface area contributed by atoms with Gasteiger partial charge in [0.2, 0.25) is 0 Å². The number of urea groups is 1. The average molecular weight is 425 g/mol. The van der Waals surface area contributed by atoms with Crippen LogP contribution in [0.5, 0.6) is 5.75 Å². The number of ether oxygens (including phenoxy) is 1. The molecule has 3 amide bonds. The molecule has 0 aliphatic heterocycles. The van der Waals surface area contributed by atoms with Crippen LogP contribution in [0.25, 0.3) is 0 Å². The van der Waals surface area contributed by atoms with E-state index in [1.54, 1.807) is 25.1 Å². The third-order valence-corrected chi connectivity index (χ3v) is 5.57. The molecule has 0 fully saturated rings. The predicted molar refractivity (Wildman–Crippen MR) is 121 cm³/mol. The third kappa shape index (κ3) is 4.77. The maximum absolute atomic E-state index is 12.8. The smallest absolute Gasteiger partial charge is 0.325 e. The van der Waals surface area contributed by atoms with Crippen molar-refractivity contribution in [2.75, 3.05) is 23.1 Å². The number of methoxy groups -OCH3 is 1. The van der Waals surface area contributed by atoms with Gasteiger partial charge >= 0.3 is 6.03 Å². The Bertz CT molecular complexity index is 1080. The zero-order valence-corrected chi connectivity index (χ0v) is 18.4. The Morgan fingerprint density at radius 1 is 0.967 bits per heavy atom. The quantitative estimate of drug-likeness (QED) is 0.519. The van der Waals surface area contributed by atoms with Crippen LogP contribution in [0.4, 0.5) is 21.3 Å². The van der Waals surface area contributed by atoms with E-state index >= 15 is 0 Å². The first-order valence-electron chi connectivity index (χ1n) is 9.36. The van der Waals surface area contributed by atoms with Crippen LogP contribution in [0.3, 0.4) is 0 Å². The molecule has 1 heterocycles. The number of aromatic nitrogens is 1. The lowest BCUT2D eigenvalue weighted by Gasteiger charge is -2.12. The molecule has 0 saturated carbocycles. The first kappa shape index (κ1) is 21.3. The third-order valence-electron chi connectivity index (χ3n) is 4.49. The minimum atomic E-state index is -0.467. The van der Waals surface area contributed by atoms with Gasteiger partial charge in [-0.2, -0.15) is 0 Å². The first-order chi connectivity index (χ1) is 14.3. The second kappa shape index (κ2) is 8.96. The highest BCUT2D eigenvalue weighted by atomic mass is 32.1. The van der Waals surface area contributed by atoms with Crippen LogP contribution >= 0.6 is 11.3 Å². The Morgan fingerprint density at radius 3 is 2.30 bits per heavy atom. The highest BCUT2D eigenvalue weighted by molar-refractivity contribution is 7.17. The van der Waals surface area contributed by atoms with Crippen molar-refractivity contribution in [2.24, 2.45) is 0 Å². The van der Waals surface area contributed by atoms with Crippen molar-refractivity contribution in [3.63, 3.8) is 0 Å². The summed E-state index contributed by atoms with van der Waals surface area (Å²) < 4.78 is 5.23. The standard InChI is InChI=1S/C22H24N4O3S/c1-12-10-13(2)18(14(3)11-12)25-20(27)19-15(4)23-22(30-19)26-21(28)24-16-8-6-7-9-17(16)29-5/h6-11H,1-5H3,(H,25,27)(H2,23,24,26,28). The van der Waals surface area contributed by atoms with Crippen LogP contribution < -0.4 is 20.7 Å². The molecule has 0 radical (unpaired) electrons. The number of rotatable bonds is 5. The topological polar surface area (TPSA) is 92.3 Å². The molecule has 156 valence electrons. The monoisotopic (exact) mass is 424 g/mol. The van der Waals surface area contributed by atoms with Crippen molar-refractivity contribution in [1.82, 2.24) is 4.98 Å². The van der Waals surface area contributed by atoms with Crippen molar-refractivity contribution in [3.05, 3.63) is 63.7 Å². The fraction of sp³-hybridized carbons (Fsp3) is 0.227. The molecule has 30 heavy (non-hydrogen) atoms.